The number of unbranched alkanes of at least 4 members (excludes halogenated alkanes) is 2. The van der Waals surface area contributed by atoms with Gasteiger partial charge in [0, 0.05) is 35.2 Å². The van der Waals surface area contributed by atoms with E-state index in [9.17, 15) is 9.59 Å². The van der Waals surface area contributed by atoms with Crippen LogP contribution in [0.15, 0.2) is 47.4 Å². The second-order valence-corrected chi connectivity index (χ2v) is 16.5. The Balaban J connectivity index is -0.000000334. The lowest BCUT2D eigenvalue weighted by atomic mass is 9.86. The van der Waals surface area contributed by atoms with E-state index in [4.69, 9.17) is 21.1 Å². The number of carbonyl (C=O) groups is 2. The maximum Gasteiger partial charge on any atom is 0.185 e. The van der Waals surface area contributed by atoms with Crippen molar-refractivity contribution in [1.82, 2.24) is 4.98 Å². The summed E-state index contributed by atoms with van der Waals surface area (Å²) in [5.74, 6) is 1.41. The molecule has 0 saturated heterocycles. The Labute approximate surface area is 334 Å². The van der Waals surface area contributed by atoms with E-state index in [1.165, 1.54) is 25.7 Å². The highest BCUT2D eigenvalue weighted by Gasteiger charge is 2.22. The molecule has 0 fully saturated rings. The van der Waals surface area contributed by atoms with Crippen LogP contribution in [0.25, 0.3) is 22.4 Å². The van der Waals surface area contributed by atoms with E-state index < -0.39 is 0 Å². The number of aliphatic hydroxyl groups excluding tert-OH is 1. The minimum Gasteiger partial charge on any atom is -0.451 e. The number of benzene rings is 1. The standard InChI is InChI=1S/C18H17ClNO2P.C10H18O.C7H16.2C4H10.C2H6.CH4O/c1-18(2,3)12-8-14(10-4-5-13(19)16(23)6-10)20-15-7-11(9-21)22-17(12)15;1-3-5-6-8-10(9-11)7-4-2;1-5-6-7(2,3)4;1-4(2)3;1-3-4-2;2*1-2/h4-9H,23H2,1-3H3;3,9-10H,1,4-8H2,2H3;5-6H2,1-4H3;4H,1-3H3;3-4H2,1-2H3;1-2H3;2H,1H3. The number of nitrogens with zero attached hydrogens (tertiary/aromatic N) is 1. The van der Waals surface area contributed by atoms with Gasteiger partial charge in [0.05, 0.1) is 5.69 Å². The zero-order chi connectivity index (χ0) is 42.2. The number of allylic oxidation sites excluding steroid dienone is 1. The van der Waals surface area contributed by atoms with Crippen LogP contribution < -0.4 is 5.30 Å². The molecular formula is C46H81ClNO4P. The first-order chi connectivity index (χ1) is 24.8. The number of fused-ring (bicyclic) bond motifs is 1. The summed E-state index contributed by atoms with van der Waals surface area (Å²) < 4.78 is 5.65. The number of halogens is 1. The Morgan fingerprint density at radius 2 is 1.43 bits per heavy atom. The molecule has 1 aromatic carbocycles. The molecule has 0 aliphatic heterocycles. The van der Waals surface area contributed by atoms with E-state index in [-0.39, 0.29) is 11.2 Å². The molecule has 0 spiro atoms. The number of aliphatic hydroxyl groups is 1. The van der Waals surface area contributed by atoms with Crippen molar-refractivity contribution in [2.45, 2.75) is 167 Å². The first-order valence-electron chi connectivity index (χ1n) is 19.8. The first kappa shape index (κ1) is 57.4. The van der Waals surface area contributed by atoms with Crippen molar-refractivity contribution < 1.29 is 19.1 Å². The van der Waals surface area contributed by atoms with E-state index in [1.807, 2.05) is 44.2 Å². The van der Waals surface area contributed by atoms with Gasteiger partial charge in [-0.3, -0.25) is 4.79 Å². The lowest BCUT2D eigenvalue weighted by molar-refractivity contribution is -0.111. The molecule has 0 bridgehead atoms. The molecule has 2 unspecified atom stereocenters. The van der Waals surface area contributed by atoms with Gasteiger partial charge in [0.2, 0.25) is 0 Å². The SMILES string of the molecule is C=CCCCC(C=O)CCC.CC.CC(C)(C)c1cc(-c2ccc(Cl)c(P)c2)nc2cc(C=O)oc12.CC(C)C.CCCC.CCCC(C)(C)C.CO. The molecule has 2 aromatic heterocycles. The molecule has 0 saturated carbocycles. The maximum absolute atomic E-state index is 11.0. The molecular weight excluding hydrogens is 697 g/mol. The van der Waals surface area contributed by atoms with Crippen LogP contribution in [0.1, 0.15) is 178 Å². The summed E-state index contributed by atoms with van der Waals surface area (Å²) in [5, 5.41) is 8.62. The van der Waals surface area contributed by atoms with E-state index in [0.29, 0.717) is 33.7 Å². The number of pyridine rings is 1. The van der Waals surface area contributed by atoms with Crippen LogP contribution in [0, 0.1) is 17.3 Å². The second kappa shape index (κ2) is 34.2. The van der Waals surface area contributed by atoms with Gasteiger partial charge in [-0.15, -0.1) is 15.8 Å². The third kappa shape index (κ3) is 29.7. The van der Waals surface area contributed by atoms with Gasteiger partial charge in [-0.25, -0.2) is 4.98 Å². The van der Waals surface area contributed by atoms with Gasteiger partial charge in [-0.1, -0.05) is 153 Å². The summed E-state index contributed by atoms with van der Waals surface area (Å²) in [7, 11) is 3.62. The summed E-state index contributed by atoms with van der Waals surface area (Å²) in [5.41, 5.74) is 4.60. The van der Waals surface area contributed by atoms with Crippen LogP contribution in [0.3, 0.4) is 0 Å². The predicted octanol–water partition coefficient (Wildman–Crippen LogP) is 14.7. The largest absolute Gasteiger partial charge is 0.451 e. The highest BCUT2D eigenvalue weighted by molar-refractivity contribution is 7.28. The monoisotopic (exact) mass is 778 g/mol. The normalized spacial score (nSPS) is 10.8. The van der Waals surface area contributed by atoms with Gasteiger partial charge in [0.15, 0.2) is 17.6 Å². The van der Waals surface area contributed by atoms with Crippen molar-refractivity contribution in [1.29, 1.82) is 0 Å². The van der Waals surface area contributed by atoms with Gasteiger partial charge in [0.25, 0.3) is 0 Å². The topological polar surface area (TPSA) is 80.4 Å². The van der Waals surface area contributed by atoms with Gasteiger partial charge >= 0.3 is 0 Å². The molecule has 7 heteroatoms. The quantitative estimate of drug-likeness (QED) is 0.0907. The van der Waals surface area contributed by atoms with Crippen LogP contribution in [0.2, 0.25) is 5.02 Å². The van der Waals surface area contributed by atoms with E-state index >= 15 is 0 Å². The predicted molar refractivity (Wildman–Crippen MR) is 241 cm³/mol. The van der Waals surface area contributed by atoms with E-state index in [2.05, 4.69) is 111 Å². The van der Waals surface area contributed by atoms with Crippen molar-refractivity contribution in [3.05, 3.63) is 59.3 Å². The number of furan rings is 1. The van der Waals surface area contributed by atoms with Gasteiger partial charge in [0.1, 0.15) is 11.8 Å². The van der Waals surface area contributed by atoms with Crippen molar-refractivity contribution in [3.63, 3.8) is 0 Å². The molecule has 0 amide bonds. The molecule has 306 valence electrons. The van der Waals surface area contributed by atoms with Crippen LogP contribution in [0.5, 0.6) is 0 Å². The molecule has 2 heterocycles. The molecule has 0 aliphatic carbocycles. The van der Waals surface area contributed by atoms with E-state index in [1.54, 1.807) is 6.07 Å². The van der Waals surface area contributed by atoms with Crippen molar-refractivity contribution in [3.8, 4) is 11.3 Å². The number of hydrogen-bond acceptors (Lipinski definition) is 5. The third-order valence-electron chi connectivity index (χ3n) is 7.05. The maximum atomic E-state index is 11.0. The Hall–Kier alpha value is -2.33. The second-order valence-electron chi connectivity index (χ2n) is 15.5. The Morgan fingerprint density at radius 1 is 0.887 bits per heavy atom. The average Bonchev–Trinajstić information content (AvgIpc) is 3.53. The smallest absolute Gasteiger partial charge is 0.185 e. The molecule has 2 atom stereocenters. The first-order valence-corrected chi connectivity index (χ1v) is 20.8. The zero-order valence-corrected chi connectivity index (χ0v) is 38.8. The molecule has 3 rings (SSSR count). The third-order valence-corrected chi connectivity index (χ3v) is 8.05. The fourth-order valence-electron chi connectivity index (χ4n) is 4.43. The van der Waals surface area contributed by atoms with Crippen molar-refractivity contribution in [2.75, 3.05) is 7.11 Å². The van der Waals surface area contributed by atoms with Gasteiger partial charge < -0.3 is 14.3 Å². The lowest BCUT2D eigenvalue weighted by Gasteiger charge is -2.20. The van der Waals surface area contributed by atoms with Crippen LogP contribution >= 0.6 is 20.8 Å². The summed E-state index contributed by atoms with van der Waals surface area (Å²) in [4.78, 5) is 26.2. The molecule has 1 N–H and O–H groups in total. The van der Waals surface area contributed by atoms with Crippen LogP contribution in [-0.4, -0.2) is 29.8 Å². The van der Waals surface area contributed by atoms with Crippen LogP contribution in [0.4, 0.5) is 0 Å². The number of aromatic nitrogens is 1. The van der Waals surface area contributed by atoms with Crippen molar-refractivity contribution in [2.24, 2.45) is 17.3 Å². The lowest BCUT2D eigenvalue weighted by Crippen LogP contribution is -2.12. The van der Waals surface area contributed by atoms with Crippen molar-refractivity contribution >= 4 is 49.8 Å². The summed E-state index contributed by atoms with van der Waals surface area (Å²) in [6, 6.07) is 9.48. The fourth-order valence-corrected chi connectivity index (χ4v) is 4.83. The Morgan fingerprint density at radius 3 is 1.79 bits per heavy atom. The van der Waals surface area contributed by atoms with Gasteiger partial charge in [-0.05, 0) is 72.4 Å². The summed E-state index contributed by atoms with van der Waals surface area (Å²) in [6.45, 7) is 36.0. The van der Waals surface area contributed by atoms with E-state index in [0.717, 1.165) is 73.5 Å². The molecule has 0 radical (unpaired) electrons. The summed E-state index contributed by atoms with van der Waals surface area (Å²) >= 11 is 6.09. The highest BCUT2D eigenvalue weighted by atomic mass is 35.5. The molecule has 0 aliphatic rings. The average molecular weight is 779 g/mol. The zero-order valence-electron chi connectivity index (χ0n) is 36.9. The van der Waals surface area contributed by atoms with Gasteiger partial charge in [-0.2, -0.15) is 0 Å². The number of carbonyl (C=O) groups excluding carboxylic acids is 2. The number of hydrogen-bond donors (Lipinski definition) is 1. The molecule has 5 nitrogen and oxygen atoms in total. The molecule has 3 aromatic rings. The summed E-state index contributed by atoms with van der Waals surface area (Å²) in [6.07, 6.45) is 14.3. The number of aldehydes is 2. The number of rotatable bonds is 11. The Kier molecular flexibility index (Phi) is 37.0. The molecule has 53 heavy (non-hydrogen) atoms. The minimum absolute atomic E-state index is 0.135. The van der Waals surface area contributed by atoms with Crippen LogP contribution in [-0.2, 0) is 10.2 Å². The fraction of sp³-hybridized carbons (Fsp3) is 0.630. The minimum atomic E-state index is -0.135. The Bertz CT molecular complexity index is 1330. The highest BCUT2D eigenvalue weighted by Crippen LogP contribution is 2.34.